The molecule has 2 aromatic carbocycles. The number of fused-ring (bicyclic) bond motifs is 1. The number of aliphatic hydroxyl groups excluding tert-OH is 6. The molecule has 2 aliphatic heterocycles. The van der Waals surface area contributed by atoms with Crippen LogP contribution < -0.4 is 14.2 Å². The van der Waals surface area contributed by atoms with E-state index >= 15 is 0 Å². The molecule has 1 saturated carbocycles. The zero-order chi connectivity index (χ0) is 29.4. The van der Waals surface area contributed by atoms with Crippen LogP contribution in [0.25, 0.3) is 0 Å². The van der Waals surface area contributed by atoms with Crippen molar-refractivity contribution in [2.24, 2.45) is 17.8 Å². The molecule has 9 atom stereocenters. The van der Waals surface area contributed by atoms with E-state index in [0.717, 1.165) is 11.1 Å². The maximum Gasteiger partial charge on any atom is 0.203 e. The molecule has 2 heterocycles. The molecule has 0 aromatic heterocycles. The third-order valence-electron chi connectivity index (χ3n) is 8.64. The molecule has 12 nitrogen and oxygen atoms in total. The molecule has 226 valence electrons. The van der Waals surface area contributed by atoms with Crippen LogP contribution in [0.15, 0.2) is 24.3 Å². The van der Waals surface area contributed by atoms with Crippen molar-refractivity contribution in [2.45, 2.75) is 56.3 Å². The highest BCUT2D eigenvalue weighted by molar-refractivity contribution is 5.55. The Morgan fingerprint density at radius 3 is 1.73 bits per heavy atom. The number of phenols is 1. The summed E-state index contributed by atoms with van der Waals surface area (Å²) in [6, 6.07) is 6.89. The van der Waals surface area contributed by atoms with Gasteiger partial charge in [0.05, 0.1) is 59.0 Å². The maximum absolute atomic E-state index is 10.6. The van der Waals surface area contributed by atoms with Gasteiger partial charge in [0.15, 0.2) is 11.5 Å². The van der Waals surface area contributed by atoms with Crippen LogP contribution in [-0.4, -0.2) is 94.2 Å². The second kappa shape index (κ2) is 12.3. The van der Waals surface area contributed by atoms with Crippen molar-refractivity contribution >= 4 is 0 Å². The Morgan fingerprint density at radius 1 is 0.756 bits per heavy atom. The van der Waals surface area contributed by atoms with Crippen LogP contribution in [0.1, 0.15) is 40.9 Å². The van der Waals surface area contributed by atoms with E-state index in [1.165, 1.54) is 14.2 Å². The minimum absolute atomic E-state index is 0.0312. The fraction of sp³-hybridized carbons (Fsp3) is 0.586. The summed E-state index contributed by atoms with van der Waals surface area (Å²) in [6.07, 6.45) is -5.73. The van der Waals surface area contributed by atoms with Gasteiger partial charge < -0.3 is 59.4 Å². The van der Waals surface area contributed by atoms with E-state index in [1.807, 2.05) is 0 Å². The van der Waals surface area contributed by atoms with Gasteiger partial charge in [-0.2, -0.15) is 0 Å². The van der Waals surface area contributed by atoms with Gasteiger partial charge in [0.1, 0.15) is 24.1 Å². The van der Waals surface area contributed by atoms with Crippen LogP contribution in [-0.2, 0) is 22.7 Å². The summed E-state index contributed by atoms with van der Waals surface area (Å²) in [5, 5.41) is 70.2. The Hall–Kier alpha value is -2.68. The highest BCUT2D eigenvalue weighted by Crippen LogP contribution is 2.53. The summed E-state index contributed by atoms with van der Waals surface area (Å²) in [5.41, 5.74) is 2.13. The van der Waals surface area contributed by atoms with E-state index in [0.29, 0.717) is 35.8 Å². The molecule has 1 aliphatic carbocycles. The molecule has 0 bridgehead atoms. The van der Waals surface area contributed by atoms with E-state index < -0.39 is 30.3 Å². The smallest absolute Gasteiger partial charge is 0.203 e. The van der Waals surface area contributed by atoms with Crippen LogP contribution >= 0.6 is 0 Å². The fourth-order valence-electron chi connectivity index (χ4n) is 6.34. The molecule has 7 N–H and O–H groups in total. The standard InChI is InChI=1S/C29H38O12/c1-37-21-5-14(6-22(38-2)29(21)41-20-7-17(10-32)24(34)26(36)25(20)35)28-19-12-39-27(18(19)11-40-28)13-3-15(8-30)23(33)16(4-13)9-31/h3-6,17-20,24-28,30-36H,7-12H2,1-2H3/t17-,18?,19?,20?,24-,25+,26+,27?,28?/m1/s1. The summed E-state index contributed by atoms with van der Waals surface area (Å²) in [5.74, 6) is -0.0420. The molecule has 0 radical (unpaired) electrons. The lowest BCUT2D eigenvalue weighted by atomic mass is 9.81. The van der Waals surface area contributed by atoms with Gasteiger partial charge in [0.2, 0.25) is 5.75 Å². The third-order valence-corrected chi connectivity index (χ3v) is 8.64. The number of ether oxygens (including phenoxy) is 5. The predicted molar refractivity (Wildman–Crippen MR) is 141 cm³/mol. The molecule has 5 rings (SSSR count). The highest BCUT2D eigenvalue weighted by atomic mass is 16.6. The second-order valence-electron chi connectivity index (χ2n) is 10.9. The van der Waals surface area contributed by atoms with Gasteiger partial charge in [0, 0.05) is 35.5 Å². The van der Waals surface area contributed by atoms with Crippen LogP contribution in [0.2, 0.25) is 0 Å². The molecular weight excluding hydrogens is 540 g/mol. The Labute approximate surface area is 237 Å². The average molecular weight is 579 g/mol. The monoisotopic (exact) mass is 578 g/mol. The van der Waals surface area contributed by atoms with E-state index in [-0.39, 0.29) is 61.8 Å². The van der Waals surface area contributed by atoms with Crippen molar-refractivity contribution in [3.63, 3.8) is 0 Å². The Bertz CT molecular complexity index is 1170. The summed E-state index contributed by atoms with van der Waals surface area (Å²) >= 11 is 0. The highest BCUT2D eigenvalue weighted by Gasteiger charge is 2.49. The van der Waals surface area contributed by atoms with Gasteiger partial charge in [-0.1, -0.05) is 0 Å². The minimum Gasteiger partial charge on any atom is -0.507 e. The average Bonchev–Trinajstić information content (AvgIpc) is 3.60. The third kappa shape index (κ3) is 5.35. The van der Waals surface area contributed by atoms with Crippen molar-refractivity contribution in [3.05, 3.63) is 46.5 Å². The molecular formula is C29H38O12. The first-order valence-corrected chi connectivity index (χ1v) is 13.6. The van der Waals surface area contributed by atoms with E-state index in [2.05, 4.69) is 0 Å². The fourth-order valence-corrected chi connectivity index (χ4v) is 6.34. The molecule has 3 fully saturated rings. The van der Waals surface area contributed by atoms with E-state index in [4.69, 9.17) is 23.7 Å². The molecule has 0 spiro atoms. The number of aliphatic hydroxyl groups is 6. The lowest BCUT2D eigenvalue weighted by Crippen LogP contribution is -2.56. The molecule has 2 aromatic rings. The maximum atomic E-state index is 10.6. The largest absolute Gasteiger partial charge is 0.507 e. The van der Waals surface area contributed by atoms with Crippen molar-refractivity contribution < 1.29 is 59.4 Å². The summed E-state index contributed by atoms with van der Waals surface area (Å²) < 4.78 is 29.8. The van der Waals surface area contributed by atoms with Crippen molar-refractivity contribution in [3.8, 4) is 23.0 Å². The number of hydrogen-bond acceptors (Lipinski definition) is 12. The first-order valence-electron chi connectivity index (χ1n) is 13.6. The van der Waals surface area contributed by atoms with Gasteiger partial charge in [-0.05, 0) is 41.8 Å². The first kappa shape index (κ1) is 29.8. The second-order valence-corrected chi connectivity index (χ2v) is 10.9. The van der Waals surface area contributed by atoms with Crippen LogP contribution in [0.5, 0.6) is 23.0 Å². The molecule has 3 aliphatic rings. The lowest BCUT2D eigenvalue weighted by molar-refractivity contribution is -0.157. The Morgan fingerprint density at radius 2 is 1.27 bits per heavy atom. The normalized spacial score (nSPS) is 33.0. The van der Waals surface area contributed by atoms with E-state index in [9.17, 15) is 35.7 Å². The zero-order valence-corrected chi connectivity index (χ0v) is 22.9. The number of hydrogen-bond donors (Lipinski definition) is 7. The molecule has 12 heteroatoms. The van der Waals surface area contributed by atoms with Crippen molar-refractivity contribution in [2.75, 3.05) is 34.0 Å². The van der Waals surface area contributed by atoms with Crippen molar-refractivity contribution in [1.82, 2.24) is 0 Å². The van der Waals surface area contributed by atoms with Gasteiger partial charge in [-0.3, -0.25) is 0 Å². The quantitative estimate of drug-likeness (QED) is 0.216. The van der Waals surface area contributed by atoms with Gasteiger partial charge in [0.25, 0.3) is 0 Å². The van der Waals surface area contributed by atoms with Crippen LogP contribution in [0, 0.1) is 17.8 Å². The summed E-state index contributed by atoms with van der Waals surface area (Å²) in [4.78, 5) is 0. The van der Waals surface area contributed by atoms with Crippen LogP contribution in [0.4, 0.5) is 0 Å². The SMILES string of the molecule is COc1cc(C2OCC3C(c4cc(CO)c(O)c(CO)c4)OCC23)cc(OC)c1OC1C[C@H](CO)[C@@H](O)[C@H](O)[C@H]1O. The van der Waals surface area contributed by atoms with E-state index in [1.54, 1.807) is 24.3 Å². The number of methoxy groups -OCH3 is 2. The lowest BCUT2D eigenvalue weighted by Gasteiger charge is -2.40. The number of aromatic hydroxyl groups is 1. The van der Waals surface area contributed by atoms with Gasteiger partial charge >= 0.3 is 0 Å². The first-order chi connectivity index (χ1) is 19.8. The predicted octanol–water partition coefficient (Wildman–Crippen LogP) is 0.311. The van der Waals surface area contributed by atoms with Gasteiger partial charge in [-0.15, -0.1) is 0 Å². The Kier molecular flexibility index (Phi) is 8.92. The number of benzene rings is 2. The number of rotatable bonds is 9. The minimum atomic E-state index is -1.49. The molecule has 0 amide bonds. The molecule has 2 saturated heterocycles. The molecule has 41 heavy (non-hydrogen) atoms. The molecule has 5 unspecified atom stereocenters. The van der Waals surface area contributed by atoms with Crippen molar-refractivity contribution in [1.29, 1.82) is 0 Å². The summed E-state index contributed by atoms with van der Waals surface area (Å²) in [7, 11) is 2.93. The topological polar surface area (TPSA) is 188 Å². The summed E-state index contributed by atoms with van der Waals surface area (Å²) in [6.45, 7) is -0.347. The van der Waals surface area contributed by atoms with Gasteiger partial charge in [-0.25, -0.2) is 0 Å². The zero-order valence-electron chi connectivity index (χ0n) is 22.9. The van der Waals surface area contributed by atoms with Crippen LogP contribution in [0.3, 0.4) is 0 Å². The Balaban J connectivity index is 1.40.